The van der Waals surface area contributed by atoms with Crippen LogP contribution >= 0.6 is 0 Å². The average Bonchev–Trinajstić information content (AvgIpc) is 1.61. The first-order chi connectivity index (χ1) is 2.80. The molecule has 1 N–H and O–H groups in total. The molecule has 0 aromatic heterocycles. The van der Waals surface area contributed by atoms with Gasteiger partial charge < -0.3 is 15.4 Å². The molecule has 6 heavy (non-hydrogen) atoms. The Kier molecular flexibility index (Phi) is 0.799. The van der Waals surface area contributed by atoms with Crippen molar-refractivity contribution in [2.75, 3.05) is 6.54 Å². The molecule has 36 valence electrons. The van der Waals surface area contributed by atoms with Crippen LogP contribution in [-0.2, 0) is 0 Å². The lowest BCUT2D eigenvalue weighted by Crippen LogP contribution is -2.42. The van der Waals surface area contributed by atoms with Crippen molar-refractivity contribution in [1.29, 1.82) is 0 Å². The molecule has 1 atom stereocenters. The topological polar surface area (TPSA) is 46.5 Å². The van der Waals surface area contributed by atoms with Gasteiger partial charge in [0.1, 0.15) is 0 Å². The highest BCUT2D eigenvalue weighted by atomic mass is 16.5. The highest BCUT2D eigenvalue weighted by molar-refractivity contribution is 4.72. The maximum Gasteiger partial charge on any atom is 0.0968 e. The number of nitrogens with zero attached hydrogens (tertiary/aromatic N) is 1. The molecule has 1 aliphatic heterocycles. The van der Waals surface area contributed by atoms with E-state index >= 15 is 0 Å². The first-order valence-electron chi connectivity index (χ1n) is 1.92. The molecule has 1 saturated heterocycles. The molecule has 1 aliphatic rings. The molecule has 0 aromatic rings. The zero-order valence-electron chi connectivity index (χ0n) is 3.29. The van der Waals surface area contributed by atoms with E-state index in [-0.39, 0.29) is 0 Å². The van der Waals surface area contributed by atoms with E-state index < -0.39 is 6.23 Å². The van der Waals surface area contributed by atoms with Crippen molar-refractivity contribution in [3.63, 3.8) is 0 Å². The molecule has 0 aliphatic carbocycles. The van der Waals surface area contributed by atoms with Gasteiger partial charge in [0.25, 0.3) is 0 Å². The number of aliphatic hydroxyl groups excluding tert-OH is 1. The molecule has 1 rings (SSSR count). The molecule has 0 spiro atoms. The number of hydroxylamine groups is 2. The normalized spacial score (nSPS) is 36.0. The molecule has 3 nitrogen and oxygen atoms in total. The van der Waals surface area contributed by atoms with Crippen LogP contribution in [0.25, 0.3) is 0 Å². The average molecular weight is 88.1 g/mol. The van der Waals surface area contributed by atoms with Gasteiger partial charge in [-0.25, -0.2) is 0 Å². The van der Waals surface area contributed by atoms with Gasteiger partial charge in [0, 0.05) is 0 Å². The summed E-state index contributed by atoms with van der Waals surface area (Å²) in [5.41, 5.74) is 0. The molecular formula is C3H6NO2-. The third kappa shape index (κ3) is 0.408. The summed E-state index contributed by atoms with van der Waals surface area (Å²) >= 11 is 0. The predicted octanol–water partition coefficient (Wildman–Crippen LogP) is -0.492. The first-order valence-corrected chi connectivity index (χ1v) is 1.92. The number of hydrogen-bond donors (Lipinski definition) is 1. The molecule has 1 fully saturated rings. The summed E-state index contributed by atoms with van der Waals surface area (Å²) in [7, 11) is 0. The molecule has 0 saturated carbocycles. The van der Waals surface area contributed by atoms with Gasteiger partial charge in [-0.15, -0.1) is 0 Å². The van der Waals surface area contributed by atoms with Crippen LogP contribution in [0.3, 0.4) is 0 Å². The second-order valence-electron chi connectivity index (χ2n) is 1.41. The Morgan fingerprint density at radius 3 is 2.33 bits per heavy atom. The lowest BCUT2D eigenvalue weighted by Gasteiger charge is -2.42. The number of aliphatic hydroxyl groups is 1. The van der Waals surface area contributed by atoms with E-state index in [1.165, 1.54) is 0 Å². The summed E-state index contributed by atoms with van der Waals surface area (Å²) in [4.78, 5) is 0. The number of rotatable bonds is 0. The van der Waals surface area contributed by atoms with Gasteiger partial charge in [0.15, 0.2) is 0 Å². The molecule has 0 amide bonds. The Labute approximate surface area is 35.8 Å². The summed E-state index contributed by atoms with van der Waals surface area (Å²) in [6.45, 7) is 0.501. The van der Waals surface area contributed by atoms with Crippen LogP contribution in [0.1, 0.15) is 6.42 Å². The van der Waals surface area contributed by atoms with Crippen molar-refractivity contribution >= 4 is 0 Å². The van der Waals surface area contributed by atoms with Crippen molar-refractivity contribution in [2.45, 2.75) is 12.6 Å². The lowest BCUT2D eigenvalue weighted by molar-refractivity contribution is -0.0397. The Hall–Kier alpha value is -0.120. The summed E-state index contributed by atoms with van der Waals surface area (Å²) in [5.74, 6) is 0. The van der Waals surface area contributed by atoms with Gasteiger partial charge in [-0.1, -0.05) is 0 Å². The maximum atomic E-state index is 9.90. The van der Waals surface area contributed by atoms with Crippen LogP contribution in [0.4, 0.5) is 0 Å². The smallest absolute Gasteiger partial charge is 0.0968 e. The van der Waals surface area contributed by atoms with Gasteiger partial charge >= 0.3 is 0 Å². The van der Waals surface area contributed by atoms with Crippen LogP contribution in [0.5, 0.6) is 0 Å². The summed E-state index contributed by atoms with van der Waals surface area (Å²) in [6.07, 6.45) is -0.0475. The minimum absolute atomic E-state index is 0.501. The van der Waals surface area contributed by atoms with E-state index in [0.717, 1.165) is 0 Å². The second-order valence-corrected chi connectivity index (χ2v) is 1.41. The zero-order chi connectivity index (χ0) is 4.57. The van der Waals surface area contributed by atoms with Crippen molar-refractivity contribution in [3.8, 4) is 0 Å². The maximum absolute atomic E-state index is 9.90. The monoisotopic (exact) mass is 88.0 g/mol. The highest BCUT2D eigenvalue weighted by Crippen LogP contribution is 2.09. The molecule has 1 heterocycles. The van der Waals surface area contributed by atoms with E-state index in [1.54, 1.807) is 0 Å². The van der Waals surface area contributed by atoms with Crippen LogP contribution in [0.15, 0.2) is 0 Å². The van der Waals surface area contributed by atoms with E-state index in [2.05, 4.69) is 0 Å². The third-order valence-electron chi connectivity index (χ3n) is 0.940. The van der Waals surface area contributed by atoms with E-state index in [9.17, 15) is 5.21 Å². The van der Waals surface area contributed by atoms with E-state index in [4.69, 9.17) is 5.11 Å². The highest BCUT2D eigenvalue weighted by Gasteiger charge is 2.14. The molecule has 0 bridgehead atoms. The lowest BCUT2D eigenvalue weighted by atomic mass is 10.2. The van der Waals surface area contributed by atoms with E-state index in [0.29, 0.717) is 18.0 Å². The largest absolute Gasteiger partial charge is 0.783 e. The standard InChI is InChI=1S/C3H6NO2/c5-3-1-2-4(3)6/h3,5H,1-2H2/q-1. The van der Waals surface area contributed by atoms with Gasteiger partial charge in [0.2, 0.25) is 0 Å². The van der Waals surface area contributed by atoms with E-state index in [1.807, 2.05) is 0 Å². The Bertz CT molecular complexity index is 48.8. The molecule has 0 aromatic carbocycles. The summed E-state index contributed by atoms with van der Waals surface area (Å²) < 4.78 is 0. The quantitative estimate of drug-likeness (QED) is 0.434. The first kappa shape index (κ1) is 4.05. The fourth-order valence-corrected chi connectivity index (χ4v) is 0.350. The minimum atomic E-state index is -0.690. The van der Waals surface area contributed by atoms with Crippen LogP contribution in [0.2, 0.25) is 0 Å². The summed E-state index contributed by atoms with van der Waals surface area (Å²) in [6, 6.07) is 0. The van der Waals surface area contributed by atoms with Gasteiger partial charge in [-0.05, 0) is 13.0 Å². The second kappa shape index (κ2) is 1.18. The molecule has 1 unspecified atom stereocenters. The molecule has 3 heteroatoms. The Morgan fingerprint density at radius 2 is 2.33 bits per heavy atom. The fraction of sp³-hybridized carbons (Fsp3) is 1.00. The van der Waals surface area contributed by atoms with Crippen LogP contribution < -0.4 is 0 Å². The van der Waals surface area contributed by atoms with Crippen LogP contribution in [0, 0.1) is 5.21 Å². The van der Waals surface area contributed by atoms with Gasteiger partial charge in [-0.3, -0.25) is 0 Å². The SMILES string of the molecule is [O-]N1CCC1O. The minimum Gasteiger partial charge on any atom is -0.783 e. The molecule has 0 radical (unpaired) electrons. The van der Waals surface area contributed by atoms with Crippen molar-refractivity contribution in [3.05, 3.63) is 5.21 Å². The Morgan fingerprint density at radius 1 is 1.83 bits per heavy atom. The van der Waals surface area contributed by atoms with Crippen molar-refractivity contribution in [2.24, 2.45) is 0 Å². The summed E-state index contributed by atoms with van der Waals surface area (Å²) in [5, 5.41) is 18.9. The van der Waals surface area contributed by atoms with Crippen molar-refractivity contribution < 1.29 is 5.11 Å². The zero-order valence-corrected chi connectivity index (χ0v) is 3.29. The van der Waals surface area contributed by atoms with Crippen LogP contribution in [-0.4, -0.2) is 22.9 Å². The van der Waals surface area contributed by atoms with Gasteiger partial charge in [0.05, 0.1) is 6.23 Å². The molecular weight excluding hydrogens is 82.0 g/mol. The van der Waals surface area contributed by atoms with Crippen molar-refractivity contribution in [1.82, 2.24) is 5.06 Å². The Balaban J connectivity index is 2.20. The number of hydrogen-bond acceptors (Lipinski definition) is 3. The third-order valence-corrected chi connectivity index (χ3v) is 0.940. The van der Waals surface area contributed by atoms with Gasteiger partial charge in [-0.2, -0.15) is 0 Å². The predicted molar refractivity (Wildman–Crippen MR) is 20.7 cm³/mol. The fourth-order valence-electron chi connectivity index (χ4n) is 0.350.